The largest absolute Gasteiger partial charge is 0.437 e. The van der Waals surface area contributed by atoms with Crippen LogP contribution in [0.5, 0.6) is 11.6 Å². The summed E-state index contributed by atoms with van der Waals surface area (Å²) in [4.78, 5) is 15.6. The molecule has 0 saturated heterocycles. The van der Waals surface area contributed by atoms with Crippen LogP contribution in [-0.2, 0) is 0 Å². The molecule has 96 valence electrons. The fourth-order valence-electron chi connectivity index (χ4n) is 1.63. The molecule has 0 spiro atoms. The fourth-order valence-corrected chi connectivity index (χ4v) is 2.15. The number of fused-ring (bicyclic) bond motifs is 1. The molecule has 1 aromatic carbocycles. The van der Waals surface area contributed by atoms with E-state index in [2.05, 4.69) is 47.8 Å². The zero-order valence-corrected chi connectivity index (χ0v) is 12.2. The van der Waals surface area contributed by atoms with Gasteiger partial charge in [-0.05, 0) is 40.8 Å². The molecule has 0 aliphatic heterocycles. The molecule has 2 N–H and O–H groups in total. The van der Waals surface area contributed by atoms with Gasteiger partial charge in [-0.1, -0.05) is 6.07 Å². The number of nitrogens with one attached hydrogen (secondary N) is 2. The zero-order chi connectivity index (χ0) is 13.2. The maximum atomic E-state index is 5.81. The maximum absolute atomic E-state index is 5.81. The number of halogens is 1. The van der Waals surface area contributed by atoms with Crippen molar-refractivity contribution in [3.05, 3.63) is 34.2 Å². The highest BCUT2D eigenvalue weighted by molar-refractivity contribution is 14.1. The highest BCUT2D eigenvalue weighted by Gasteiger charge is 2.11. The summed E-state index contributed by atoms with van der Waals surface area (Å²) in [5.74, 6) is 1.65. The topological polar surface area (TPSA) is 75.7 Å². The molecule has 6 nitrogen and oxygen atoms in total. The molecular formula is C12H10IN5O. The van der Waals surface area contributed by atoms with E-state index in [9.17, 15) is 0 Å². The van der Waals surface area contributed by atoms with Crippen molar-refractivity contribution in [2.24, 2.45) is 0 Å². The Morgan fingerprint density at radius 1 is 1.32 bits per heavy atom. The summed E-state index contributed by atoms with van der Waals surface area (Å²) in [6.07, 6.45) is 1.57. The average Bonchev–Trinajstić information content (AvgIpc) is 2.87. The van der Waals surface area contributed by atoms with Crippen LogP contribution in [0, 0.1) is 3.57 Å². The van der Waals surface area contributed by atoms with Crippen LogP contribution in [0.3, 0.4) is 0 Å². The summed E-state index contributed by atoms with van der Waals surface area (Å²) in [6, 6.07) is 7.75. The van der Waals surface area contributed by atoms with Crippen molar-refractivity contribution < 1.29 is 4.74 Å². The number of rotatable bonds is 3. The number of hydrogen-bond acceptors (Lipinski definition) is 5. The minimum absolute atomic E-state index is 0.453. The van der Waals surface area contributed by atoms with Gasteiger partial charge in [-0.15, -0.1) is 0 Å². The standard InChI is InChI=1S/C12H10IN5O/c1-14-12-17-10-9(15-6-16-10)11(18-12)19-8-4-2-3-7(13)5-8/h2-6H,1H3,(H2,14,15,16,17,18). The lowest BCUT2D eigenvalue weighted by molar-refractivity contribution is 0.467. The first-order chi connectivity index (χ1) is 9.26. The summed E-state index contributed by atoms with van der Waals surface area (Å²) in [5, 5.41) is 2.89. The lowest BCUT2D eigenvalue weighted by atomic mass is 10.3. The van der Waals surface area contributed by atoms with Crippen molar-refractivity contribution in [1.82, 2.24) is 19.9 Å². The second-order valence-electron chi connectivity index (χ2n) is 3.76. The summed E-state index contributed by atoms with van der Waals surface area (Å²) in [5.41, 5.74) is 1.25. The van der Waals surface area contributed by atoms with Gasteiger partial charge in [0.2, 0.25) is 5.95 Å². The third kappa shape index (κ3) is 2.46. The van der Waals surface area contributed by atoms with Crippen LogP contribution in [0.15, 0.2) is 30.6 Å². The van der Waals surface area contributed by atoms with Gasteiger partial charge in [-0.3, -0.25) is 0 Å². The van der Waals surface area contributed by atoms with Crippen LogP contribution >= 0.6 is 22.6 Å². The Labute approximate surface area is 122 Å². The van der Waals surface area contributed by atoms with E-state index in [1.807, 2.05) is 24.3 Å². The summed E-state index contributed by atoms with van der Waals surface area (Å²) >= 11 is 2.23. The SMILES string of the molecule is CNc1nc(Oc2cccc(I)c2)c2[nH]cnc2n1. The molecule has 7 heteroatoms. The van der Waals surface area contributed by atoms with Crippen molar-refractivity contribution in [3.63, 3.8) is 0 Å². The van der Waals surface area contributed by atoms with Crippen LogP contribution < -0.4 is 10.1 Å². The minimum atomic E-state index is 0.453. The number of benzene rings is 1. The van der Waals surface area contributed by atoms with Gasteiger partial charge < -0.3 is 15.0 Å². The monoisotopic (exact) mass is 367 g/mol. The Bertz CT molecular complexity index is 727. The number of H-pyrrole nitrogens is 1. The molecule has 0 aliphatic carbocycles. The van der Waals surface area contributed by atoms with Gasteiger partial charge in [0.25, 0.3) is 5.88 Å². The van der Waals surface area contributed by atoms with E-state index in [1.54, 1.807) is 13.4 Å². The molecule has 19 heavy (non-hydrogen) atoms. The molecule has 0 amide bonds. The Hall–Kier alpha value is -1.90. The number of nitrogens with zero attached hydrogens (tertiary/aromatic N) is 3. The molecule has 0 fully saturated rings. The normalized spacial score (nSPS) is 10.6. The van der Waals surface area contributed by atoms with Crippen molar-refractivity contribution in [2.45, 2.75) is 0 Å². The van der Waals surface area contributed by atoms with Crippen LogP contribution in [0.2, 0.25) is 0 Å². The van der Waals surface area contributed by atoms with Crippen LogP contribution in [0.25, 0.3) is 11.2 Å². The summed E-state index contributed by atoms with van der Waals surface area (Å²) < 4.78 is 6.90. The Morgan fingerprint density at radius 3 is 3.00 bits per heavy atom. The number of aromatic nitrogens is 4. The molecule has 0 atom stereocenters. The number of imidazole rings is 1. The number of aromatic amines is 1. The van der Waals surface area contributed by atoms with Crippen molar-refractivity contribution >= 4 is 39.7 Å². The average molecular weight is 367 g/mol. The number of hydrogen-bond donors (Lipinski definition) is 2. The second kappa shape index (κ2) is 5.00. The van der Waals surface area contributed by atoms with Crippen molar-refractivity contribution in [3.8, 4) is 11.6 Å². The van der Waals surface area contributed by atoms with Gasteiger partial charge in [-0.2, -0.15) is 9.97 Å². The summed E-state index contributed by atoms with van der Waals surface area (Å²) in [7, 11) is 1.75. The van der Waals surface area contributed by atoms with E-state index >= 15 is 0 Å². The molecule has 2 heterocycles. The Balaban J connectivity index is 2.06. The number of anilines is 1. The summed E-state index contributed by atoms with van der Waals surface area (Å²) in [6.45, 7) is 0. The lowest BCUT2D eigenvalue weighted by Crippen LogP contribution is -1.99. The first-order valence-corrected chi connectivity index (χ1v) is 6.66. The van der Waals surface area contributed by atoms with E-state index in [0.29, 0.717) is 23.0 Å². The third-order valence-corrected chi connectivity index (χ3v) is 3.16. The first-order valence-electron chi connectivity index (χ1n) is 5.58. The zero-order valence-electron chi connectivity index (χ0n) is 10.0. The van der Waals surface area contributed by atoms with E-state index in [4.69, 9.17) is 4.74 Å². The lowest BCUT2D eigenvalue weighted by Gasteiger charge is -2.07. The third-order valence-electron chi connectivity index (χ3n) is 2.49. The fraction of sp³-hybridized carbons (Fsp3) is 0.0833. The van der Waals surface area contributed by atoms with Crippen LogP contribution in [0.4, 0.5) is 5.95 Å². The Morgan fingerprint density at radius 2 is 2.21 bits per heavy atom. The van der Waals surface area contributed by atoms with Crippen LogP contribution in [0.1, 0.15) is 0 Å². The van der Waals surface area contributed by atoms with E-state index in [-0.39, 0.29) is 0 Å². The van der Waals surface area contributed by atoms with Crippen molar-refractivity contribution in [2.75, 3.05) is 12.4 Å². The molecule has 0 saturated carbocycles. The molecule has 0 aliphatic rings. The maximum Gasteiger partial charge on any atom is 0.250 e. The molecule has 3 rings (SSSR count). The molecule has 0 radical (unpaired) electrons. The predicted octanol–water partition coefficient (Wildman–Crippen LogP) is 2.79. The van der Waals surface area contributed by atoms with E-state index in [0.717, 1.165) is 9.32 Å². The van der Waals surface area contributed by atoms with Gasteiger partial charge in [0.1, 0.15) is 11.3 Å². The highest BCUT2D eigenvalue weighted by Crippen LogP contribution is 2.27. The first kappa shape index (κ1) is 12.2. The van der Waals surface area contributed by atoms with Gasteiger partial charge in [0.05, 0.1) is 6.33 Å². The Kier molecular flexibility index (Phi) is 3.20. The highest BCUT2D eigenvalue weighted by atomic mass is 127. The minimum Gasteiger partial charge on any atom is -0.437 e. The molecule has 2 aromatic heterocycles. The van der Waals surface area contributed by atoms with Gasteiger partial charge >= 0.3 is 0 Å². The molecule has 0 bridgehead atoms. The van der Waals surface area contributed by atoms with Gasteiger partial charge in [0, 0.05) is 10.6 Å². The van der Waals surface area contributed by atoms with Crippen molar-refractivity contribution in [1.29, 1.82) is 0 Å². The van der Waals surface area contributed by atoms with Gasteiger partial charge in [-0.25, -0.2) is 4.98 Å². The van der Waals surface area contributed by atoms with Gasteiger partial charge in [0.15, 0.2) is 5.65 Å². The quantitative estimate of drug-likeness (QED) is 0.697. The molecule has 0 unspecified atom stereocenters. The molecule has 3 aromatic rings. The van der Waals surface area contributed by atoms with E-state index in [1.165, 1.54) is 0 Å². The second-order valence-corrected chi connectivity index (χ2v) is 5.01. The number of ether oxygens (including phenoxy) is 1. The van der Waals surface area contributed by atoms with Crippen LogP contribution in [-0.4, -0.2) is 27.0 Å². The van der Waals surface area contributed by atoms with E-state index < -0.39 is 0 Å². The molecular weight excluding hydrogens is 357 g/mol. The predicted molar refractivity (Wildman–Crippen MR) is 80.5 cm³/mol. The smallest absolute Gasteiger partial charge is 0.250 e.